The molecule has 0 spiro atoms. The molecule has 1 aromatic carbocycles. The molecule has 1 saturated heterocycles. The van der Waals surface area contributed by atoms with E-state index in [1.807, 2.05) is 6.08 Å². The molecule has 1 aliphatic heterocycles. The molecule has 1 nitrogen and oxygen atoms in total. The lowest BCUT2D eigenvalue weighted by Crippen LogP contribution is -2.46. The summed E-state index contributed by atoms with van der Waals surface area (Å²) in [6, 6.07) is 11.4. The Hall–Kier alpha value is -1.08. The van der Waals surface area contributed by atoms with Gasteiger partial charge in [0.2, 0.25) is 0 Å². The van der Waals surface area contributed by atoms with Crippen molar-refractivity contribution >= 4 is 0 Å². The van der Waals surface area contributed by atoms with Crippen molar-refractivity contribution in [2.24, 2.45) is 0 Å². The Labute approximate surface area is 86.1 Å². The Morgan fingerprint density at radius 3 is 2.71 bits per heavy atom. The molecule has 0 bridgehead atoms. The van der Waals surface area contributed by atoms with Gasteiger partial charge in [0.25, 0.3) is 0 Å². The Kier molecular flexibility index (Phi) is 3.00. The lowest BCUT2D eigenvalue weighted by molar-refractivity contribution is 0.0842. The van der Waals surface area contributed by atoms with Crippen molar-refractivity contribution in [1.29, 1.82) is 0 Å². The first-order valence-electron chi connectivity index (χ1n) is 5.29. The molecule has 0 saturated carbocycles. The van der Waals surface area contributed by atoms with Crippen LogP contribution in [0.4, 0.5) is 0 Å². The highest BCUT2D eigenvalue weighted by molar-refractivity contribution is 5.15. The third-order valence-corrected chi connectivity index (χ3v) is 2.93. The Morgan fingerprint density at radius 2 is 2.14 bits per heavy atom. The summed E-state index contributed by atoms with van der Waals surface area (Å²) in [5.41, 5.74) is 1.42. The average Bonchev–Trinajstić information content (AvgIpc) is 2.23. The van der Waals surface area contributed by atoms with Gasteiger partial charge in [-0.15, -0.1) is 6.58 Å². The Balaban J connectivity index is 1.89. The van der Waals surface area contributed by atoms with Crippen LogP contribution in [0.3, 0.4) is 0 Å². The third-order valence-electron chi connectivity index (χ3n) is 2.93. The normalized spacial score (nSPS) is 21.6. The van der Waals surface area contributed by atoms with Crippen LogP contribution in [0.1, 0.15) is 18.4 Å². The minimum absolute atomic E-state index is 0.743. The fraction of sp³-hybridized carbons (Fsp3) is 0.385. The molecular formula is C13H17N. The average molecular weight is 187 g/mol. The van der Waals surface area contributed by atoms with Crippen molar-refractivity contribution in [3.05, 3.63) is 48.6 Å². The second-order valence-electron chi connectivity index (χ2n) is 3.92. The molecule has 1 heteroatoms. The van der Waals surface area contributed by atoms with Crippen LogP contribution < -0.4 is 0 Å². The topological polar surface area (TPSA) is 3.24 Å². The molecule has 1 aliphatic rings. The number of nitrogens with zero attached hydrogens (tertiary/aromatic N) is 1. The summed E-state index contributed by atoms with van der Waals surface area (Å²) in [6.45, 7) is 6.14. The maximum absolute atomic E-state index is 3.80. The quantitative estimate of drug-likeness (QED) is 0.655. The van der Waals surface area contributed by atoms with Crippen molar-refractivity contribution in [2.75, 3.05) is 6.54 Å². The van der Waals surface area contributed by atoms with Crippen LogP contribution in [-0.2, 0) is 6.54 Å². The fourth-order valence-corrected chi connectivity index (χ4v) is 1.98. The number of likely N-dealkylation sites (tertiary alicyclic amines) is 1. The molecular weight excluding hydrogens is 170 g/mol. The van der Waals surface area contributed by atoms with E-state index >= 15 is 0 Å². The van der Waals surface area contributed by atoms with Gasteiger partial charge < -0.3 is 0 Å². The first-order valence-corrected chi connectivity index (χ1v) is 5.29. The van der Waals surface area contributed by atoms with Crippen molar-refractivity contribution < 1.29 is 0 Å². The largest absolute Gasteiger partial charge is 0.296 e. The molecule has 1 heterocycles. The van der Waals surface area contributed by atoms with E-state index < -0.39 is 0 Å². The maximum atomic E-state index is 3.80. The molecule has 1 fully saturated rings. The van der Waals surface area contributed by atoms with E-state index in [1.165, 1.54) is 18.5 Å². The summed E-state index contributed by atoms with van der Waals surface area (Å²) in [5, 5.41) is 0. The fourth-order valence-electron chi connectivity index (χ4n) is 1.98. The molecule has 74 valence electrons. The van der Waals surface area contributed by atoms with Crippen molar-refractivity contribution in [2.45, 2.75) is 25.4 Å². The number of benzene rings is 1. The second-order valence-corrected chi connectivity index (χ2v) is 3.92. The molecule has 0 aromatic heterocycles. The smallest absolute Gasteiger partial charge is 0.0236 e. The van der Waals surface area contributed by atoms with Gasteiger partial charge in [-0.3, -0.25) is 4.90 Å². The highest BCUT2D eigenvalue weighted by Crippen LogP contribution is 2.22. The first kappa shape index (κ1) is 9.47. The first-order chi connectivity index (χ1) is 6.90. The van der Waals surface area contributed by atoms with Crippen LogP contribution in [0.5, 0.6) is 0 Å². The van der Waals surface area contributed by atoms with E-state index in [0.29, 0.717) is 0 Å². The van der Waals surface area contributed by atoms with E-state index in [1.54, 1.807) is 0 Å². The van der Waals surface area contributed by atoms with Gasteiger partial charge in [-0.2, -0.15) is 0 Å². The van der Waals surface area contributed by atoms with Crippen LogP contribution >= 0.6 is 0 Å². The number of hydrogen-bond donors (Lipinski definition) is 0. The minimum Gasteiger partial charge on any atom is -0.296 e. The molecule has 1 unspecified atom stereocenters. The number of rotatable bonds is 4. The van der Waals surface area contributed by atoms with E-state index in [9.17, 15) is 0 Å². The van der Waals surface area contributed by atoms with E-state index in [4.69, 9.17) is 0 Å². The van der Waals surface area contributed by atoms with Gasteiger partial charge in [-0.05, 0) is 18.4 Å². The van der Waals surface area contributed by atoms with Gasteiger partial charge in [-0.25, -0.2) is 0 Å². The van der Waals surface area contributed by atoms with Gasteiger partial charge >= 0.3 is 0 Å². The molecule has 14 heavy (non-hydrogen) atoms. The summed E-state index contributed by atoms with van der Waals surface area (Å²) in [5.74, 6) is 0. The summed E-state index contributed by atoms with van der Waals surface area (Å²) in [6.07, 6.45) is 4.49. The highest BCUT2D eigenvalue weighted by Gasteiger charge is 2.25. The molecule has 0 aliphatic carbocycles. The van der Waals surface area contributed by atoms with Crippen LogP contribution in [0.15, 0.2) is 43.0 Å². The van der Waals surface area contributed by atoms with Crippen molar-refractivity contribution in [3.8, 4) is 0 Å². The third kappa shape index (κ3) is 2.05. The van der Waals surface area contributed by atoms with Crippen molar-refractivity contribution in [3.63, 3.8) is 0 Å². The Bertz CT molecular complexity index is 291. The molecule has 2 rings (SSSR count). The lowest BCUT2D eigenvalue weighted by atomic mass is 9.98. The SMILES string of the molecule is C=CCC1CCN1Cc1ccccc1. The van der Waals surface area contributed by atoms with Gasteiger partial charge in [0, 0.05) is 19.1 Å². The molecule has 1 atom stereocenters. The minimum atomic E-state index is 0.743. The zero-order chi connectivity index (χ0) is 9.80. The van der Waals surface area contributed by atoms with Crippen LogP contribution in [0.2, 0.25) is 0 Å². The molecule has 1 aromatic rings. The van der Waals surface area contributed by atoms with E-state index in [2.05, 4.69) is 41.8 Å². The zero-order valence-corrected chi connectivity index (χ0v) is 8.52. The maximum Gasteiger partial charge on any atom is 0.0236 e. The lowest BCUT2D eigenvalue weighted by Gasteiger charge is -2.40. The number of hydrogen-bond acceptors (Lipinski definition) is 1. The van der Waals surface area contributed by atoms with E-state index in [-0.39, 0.29) is 0 Å². The zero-order valence-electron chi connectivity index (χ0n) is 8.52. The van der Waals surface area contributed by atoms with E-state index in [0.717, 1.165) is 19.0 Å². The van der Waals surface area contributed by atoms with Gasteiger partial charge in [0.05, 0.1) is 0 Å². The molecule has 0 N–H and O–H groups in total. The van der Waals surface area contributed by atoms with Gasteiger partial charge in [-0.1, -0.05) is 36.4 Å². The van der Waals surface area contributed by atoms with Crippen LogP contribution in [0.25, 0.3) is 0 Å². The highest BCUT2D eigenvalue weighted by atomic mass is 15.2. The monoisotopic (exact) mass is 187 g/mol. The summed E-state index contributed by atoms with van der Waals surface area (Å²) < 4.78 is 0. The van der Waals surface area contributed by atoms with Crippen molar-refractivity contribution in [1.82, 2.24) is 4.90 Å². The Morgan fingerprint density at radius 1 is 1.36 bits per heavy atom. The summed E-state index contributed by atoms with van der Waals surface area (Å²) in [4.78, 5) is 2.52. The summed E-state index contributed by atoms with van der Waals surface area (Å²) >= 11 is 0. The standard InChI is InChI=1S/C13H17N/c1-2-6-13-9-10-14(13)11-12-7-4-3-5-8-12/h2-5,7-8,13H,1,6,9-11H2. The van der Waals surface area contributed by atoms with Crippen LogP contribution in [0, 0.1) is 0 Å². The van der Waals surface area contributed by atoms with Crippen LogP contribution in [-0.4, -0.2) is 17.5 Å². The molecule has 0 radical (unpaired) electrons. The predicted molar refractivity (Wildman–Crippen MR) is 60.1 cm³/mol. The predicted octanol–water partition coefficient (Wildman–Crippen LogP) is 2.84. The second kappa shape index (κ2) is 4.43. The van der Waals surface area contributed by atoms with Gasteiger partial charge in [0.15, 0.2) is 0 Å². The summed E-state index contributed by atoms with van der Waals surface area (Å²) in [7, 11) is 0. The van der Waals surface area contributed by atoms with Gasteiger partial charge in [0.1, 0.15) is 0 Å². The molecule has 0 amide bonds.